The van der Waals surface area contributed by atoms with Crippen LogP contribution < -0.4 is 5.32 Å². The molecule has 3 rings (SSSR count). The van der Waals surface area contributed by atoms with Crippen LogP contribution in [0.4, 0.5) is 0 Å². The van der Waals surface area contributed by atoms with Gasteiger partial charge in [0.25, 0.3) is 0 Å². The van der Waals surface area contributed by atoms with Crippen LogP contribution in [0.1, 0.15) is 45.6 Å². The lowest BCUT2D eigenvalue weighted by atomic mass is 10.2. The number of carbonyl (C=O) groups is 1. The zero-order valence-corrected chi connectivity index (χ0v) is 19.1. The van der Waals surface area contributed by atoms with Crippen molar-refractivity contribution < 1.29 is 13.2 Å². The molecule has 1 amide bonds. The van der Waals surface area contributed by atoms with E-state index in [0.717, 1.165) is 29.8 Å². The molecule has 0 aromatic heterocycles. The molecular weight excluding hydrogens is 414 g/mol. The molecule has 9 heteroatoms. The lowest BCUT2D eigenvalue weighted by Gasteiger charge is -2.23. The Labute approximate surface area is 184 Å². The smallest absolute Gasteiger partial charge is 0.243 e. The Hall–Kier alpha value is -2.78. The van der Waals surface area contributed by atoms with Crippen LogP contribution in [0.2, 0.25) is 0 Å². The molecule has 1 fully saturated rings. The Morgan fingerprint density at radius 2 is 1.84 bits per heavy atom. The molecule has 1 saturated heterocycles. The first-order chi connectivity index (χ1) is 14.7. The average Bonchev–Trinajstić information content (AvgIpc) is 3.25. The van der Waals surface area contributed by atoms with Crippen LogP contribution in [0.15, 0.2) is 63.4 Å². The summed E-state index contributed by atoms with van der Waals surface area (Å²) in [5.74, 6) is 0.347. The zero-order chi connectivity index (χ0) is 22.6. The van der Waals surface area contributed by atoms with Crippen LogP contribution in [-0.4, -0.2) is 48.2 Å². The molecule has 0 bridgehead atoms. The minimum atomic E-state index is -3.42. The molecule has 0 spiro atoms. The summed E-state index contributed by atoms with van der Waals surface area (Å²) in [6.07, 6.45) is 3.85. The van der Waals surface area contributed by atoms with Crippen molar-refractivity contribution in [2.75, 3.05) is 13.1 Å². The van der Waals surface area contributed by atoms with Gasteiger partial charge in [-0.2, -0.15) is 9.41 Å². The van der Waals surface area contributed by atoms with E-state index < -0.39 is 10.0 Å². The lowest BCUT2D eigenvalue weighted by Crippen LogP contribution is -2.28. The Kier molecular flexibility index (Phi) is 7.07. The molecule has 1 aromatic rings. The van der Waals surface area contributed by atoms with Gasteiger partial charge in [-0.1, -0.05) is 18.7 Å². The number of hydrogen-bond donors (Lipinski definition) is 1. The van der Waals surface area contributed by atoms with Crippen molar-refractivity contribution in [1.82, 2.24) is 14.6 Å². The molecule has 8 nitrogen and oxygen atoms in total. The number of hydrazone groups is 1. The topological polar surface area (TPSA) is 94.4 Å². The van der Waals surface area contributed by atoms with E-state index in [1.807, 2.05) is 19.9 Å². The fourth-order valence-electron chi connectivity index (χ4n) is 3.55. The molecule has 31 heavy (non-hydrogen) atoms. The van der Waals surface area contributed by atoms with Crippen molar-refractivity contribution in [2.45, 2.75) is 51.5 Å². The third-order valence-corrected chi connectivity index (χ3v) is 7.02. The summed E-state index contributed by atoms with van der Waals surface area (Å²) in [6.45, 7) is 11.0. The largest absolute Gasteiger partial charge is 0.352 e. The van der Waals surface area contributed by atoms with Crippen molar-refractivity contribution >= 4 is 27.4 Å². The van der Waals surface area contributed by atoms with Crippen LogP contribution in [0.3, 0.4) is 0 Å². The van der Waals surface area contributed by atoms with Gasteiger partial charge in [0.15, 0.2) is 0 Å². The molecule has 2 aliphatic heterocycles. The summed E-state index contributed by atoms with van der Waals surface area (Å²) in [5.41, 5.74) is 3.22. The Bertz CT molecular complexity index is 1050. The quantitative estimate of drug-likeness (QED) is 0.656. The van der Waals surface area contributed by atoms with E-state index in [4.69, 9.17) is 0 Å². The molecule has 2 aliphatic rings. The first kappa shape index (κ1) is 22.9. The number of rotatable bonds is 7. The fourth-order valence-corrected chi connectivity index (χ4v) is 5.06. The van der Waals surface area contributed by atoms with Gasteiger partial charge < -0.3 is 5.32 Å². The van der Waals surface area contributed by atoms with Crippen molar-refractivity contribution in [3.8, 4) is 0 Å². The monoisotopic (exact) mass is 443 g/mol. The molecule has 0 atom stereocenters. The predicted octanol–water partition coefficient (Wildman–Crippen LogP) is 3.00. The molecule has 0 saturated carbocycles. The highest BCUT2D eigenvalue weighted by atomic mass is 32.2. The highest BCUT2D eigenvalue weighted by Gasteiger charge is 2.26. The molecule has 0 radical (unpaired) electrons. The van der Waals surface area contributed by atoms with Gasteiger partial charge in [0, 0.05) is 36.8 Å². The number of benzene rings is 1. The van der Waals surface area contributed by atoms with Gasteiger partial charge in [0.05, 0.1) is 11.3 Å². The summed E-state index contributed by atoms with van der Waals surface area (Å²) in [4.78, 5) is 16.9. The minimum absolute atomic E-state index is 0.140. The third-order valence-electron chi connectivity index (χ3n) is 5.10. The number of aliphatic imine (C=N–C) groups is 1. The van der Waals surface area contributed by atoms with Gasteiger partial charge in [0.2, 0.25) is 15.9 Å². The van der Waals surface area contributed by atoms with Crippen LogP contribution in [0.25, 0.3) is 0 Å². The summed E-state index contributed by atoms with van der Waals surface area (Å²) >= 11 is 0. The van der Waals surface area contributed by atoms with Crippen LogP contribution >= 0.6 is 0 Å². The molecule has 166 valence electrons. The molecule has 1 aromatic carbocycles. The maximum absolute atomic E-state index is 12.6. The van der Waals surface area contributed by atoms with E-state index in [9.17, 15) is 13.2 Å². The number of hydrogen-bond acceptors (Lipinski definition) is 6. The number of carbonyl (C=O) groups excluding carboxylic acids is 1. The number of nitrogens with zero attached hydrogens (tertiary/aromatic N) is 4. The van der Waals surface area contributed by atoms with Gasteiger partial charge in [-0.15, -0.1) is 0 Å². The lowest BCUT2D eigenvalue weighted by molar-refractivity contribution is -0.120. The zero-order valence-electron chi connectivity index (χ0n) is 18.3. The highest BCUT2D eigenvalue weighted by Crippen LogP contribution is 2.21. The van der Waals surface area contributed by atoms with Gasteiger partial charge in [-0.05, 0) is 57.4 Å². The van der Waals surface area contributed by atoms with Gasteiger partial charge in [-0.3, -0.25) is 4.79 Å². The highest BCUT2D eigenvalue weighted by molar-refractivity contribution is 7.89. The minimum Gasteiger partial charge on any atom is -0.352 e. The van der Waals surface area contributed by atoms with E-state index in [2.05, 4.69) is 22.0 Å². The van der Waals surface area contributed by atoms with Crippen molar-refractivity contribution in [1.29, 1.82) is 0 Å². The maximum Gasteiger partial charge on any atom is 0.243 e. The second kappa shape index (κ2) is 9.57. The van der Waals surface area contributed by atoms with Crippen LogP contribution in [-0.2, 0) is 21.4 Å². The van der Waals surface area contributed by atoms with E-state index in [-0.39, 0.29) is 17.2 Å². The van der Waals surface area contributed by atoms with Gasteiger partial charge >= 0.3 is 0 Å². The van der Waals surface area contributed by atoms with Crippen molar-refractivity contribution in [2.24, 2.45) is 10.1 Å². The molecule has 1 N–H and O–H groups in total. The first-order valence-corrected chi connectivity index (χ1v) is 11.7. The van der Waals surface area contributed by atoms with Crippen LogP contribution in [0, 0.1) is 0 Å². The summed E-state index contributed by atoms with van der Waals surface area (Å²) in [5, 5.41) is 8.91. The summed E-state index contributed by atoms with van der Waals surface area (Å²) in [7, 11) is -3.42. The molecule has 2 heterocycles. The second-order valence-corrected chi connectivity index (χ2v) is 9.75. The number of sulfonamides is 1. The number of allylic oxidation sites excluding steroid dienone is 2. The third kappa shape index (κ3) is 5.68. The Morgan fingerprint density at radius 3 is 2.45 bits per heavy atom. The summed E-state index contributed by atoms with van der Waals surface area (Å²) in [6, 6.07) is 6.66. The van der Waals surface area contributed by atoms with E-state index in [1.54, 1.807) is 36.2 Å². The normalized spacial score (nSPS) is 18.1. The Balaban J connectivity index is 1.54. The van der Waals surface area contributed by atoms with Gasteiger partial charge in [0.1, 0.15) is 5.82 Å². The van der Waals surface area contributed by atoms with Gasteiger partial charge in [-0.25, -0.2) is 18.4 Å². The maximum atomic E-state index is 12.6. The standard InChI is InChI=1S/C22H29N5O3S/c1-16-13-18(3)27(19(4)24-16)25-17(2)14-22(28)23-15-20-7-9-21(10-8-20)31(29,30)26-11-5-6-12-26/h7-10,13H,4-6,11-12,14-15H2,1-3H3,(H,23,28)/b25-17-. The number of amides is 1. The second-order valence-electron chi connectivity index (χ2n) is 7.81. The average molecular weight is 444 g/mol. The van der Waals surface area contributed by atoms with Crippen molar-refractivity contribution in [3.05, 3.63) is 54.0 Å². The van der Waals surface area contributed by atoms with Crippen LogP contribution in [0.5, 0.6) is 0 Å². The summed E-state index contributed by atoms with van der Waals surface area (Å²) < 4.78 is 26.7. The first-order valence-electron chi connectivity index (χ1n) is 10.3. The van der Waals surface area contributed by atoms with E-state index in [0.29, 0.717) is 31.2 Å². The van der Waals surface area contributed by atoms with Crippen molar-refractivity contribution in [3.63, 3.8) is 0 Å². The predicted molar refractivity (Wildman–Crippen MR) is 122 cm³/mol. The fraction of sp³-hybridized carbons (Fsp3) is 0.409. The Morgan fingerprint density at radius 1 is 1.19 bits per heavy atom. The molecular formula is C22H29N5O3S. The SMILES string of the molecule is C=C1N=C(C)C=C(C)N1/N=C(/C)CC(=O)NCc1ccc(S(=O)(=O)N2CCCC2)cc1. The molecule has 0 unspecified atom stereocenters. The number of nitrogens with one attached hydrogen (secondary N) is 1. The van der Waals surface area contributed by atoms with E-state index >= 15 is 0 Å². The molecule has 0 aliphatic carbocycles. The van der Waals surface area contributed by atoms with E-state index in [1.165, 1.54) is 4.31 Å².